The van der Waals surface area contributed by atoms with Crippen molar-refractivity contribution in [3.8, 4) is 0 Å². The van der Waals surface area contributed by atoms with Gasteiger partial charge in [-0.15, -0.1) is 0 Å². The van der Waals surface area contributed by atoms with Crippen molar-refractivity contribution in [1.82, 2.24) is 5.32 Å². The number of hydrogen-bond acceptors (Lipinski definition) is 3. The van der Waals surface area contributed by atoms with Gasteiger partial charge in [0.15, 0.2) is 0 Å². The average Bonchev–Trinajstić information content (AvgIpc) is 2.82. The lowest BCUT2D eigenvalue weighted by molar-refractivity contribution is 0.477. The van der Waals surface area contributed by atoms with Crippen LogP contribution in [0.1, 0.15) is 28.4 Å². The molecule has 86 valence electrons. The number of aryl methyl sites for hydroxylation is 2. The van der Waals surface area contributed by atoms with Crippen LogP contribution < -0.4 is 5.32 Å². The van der Waals surface area contributed by atoms with Gasteiger partial charge < -0.3 is 14.2 Å². The number of rotatable bonds is 4. The van der Waals surface area contributed by atoms with Crippen LogP contribution in [0.3, 0.4) is 0 Å². The zero-order chi connectivity index (χ0) is 11.5. The lowest BCUT2D eigenvalue weighted by atomic mass is 10.1. The monoisotopic (exact) mass is 219 g/mol. The first-order valence-corrected chi connectivity index (χ1v) is 5.47. The molecule has 0 aliphatic rings. The second-order valence-electron chi connectivity index (χ2n) is 4.00. The third-order valence-corrected chi connectivity index (χ3v) is 2.89. The summed E-state index contributed by atoms with van der Waals surface area (Å²) < 4.78 is 10.8. The Labute approximate surface area is 95.5 Å². The largest absolute Gasteiger partial charge is 0.468 e. The zero-order valence-electron chi connectivity index (χ0n) is 9.96. The highest BCUT2D eigenvalue weighted by atomic mass is 16.3. The topological polar surface area (TPSA) is 38.3 Å². The summed E-state index contributed by atoms with van der Waals surface area (Å²) in [5.41, 5.74) is 2.49. The second kappa shape index (κ2) is 4.58. The van der Waals surface area contributed by atoms with Gasteiger partial charge in [0.1, 0.15) is 17.3 Å². The first-order chi connectivity index (χ1) is 7.68. The molecule has 16 heavy (non-hydrogen) atoms. The van der Waals surface area contributed by atoms with Crippen molar-refractivity contribution in [2.75, 3.05) is 0 Å². The zero-order valence-corrected chi connectivity index (χ0v) is 9.96. The van der Waals surface area contributed by atoms with Crippen molar-refractivity contribution in [2.24, 2.45) is 0 Å². The maximum absolute atomic E-state index is 5.57. The predicted octanol–water partition coefficient (Wildman–Crippen LogP) is 3.09. The summed E-state index contributed by atoms with van der Waals surface area (Å²) in [5, 5.41) is 3.35. The van der Waals surface area contributed by atoms with Crippen LogP contribution in [0, 0.1) is 20.8 Å². The lowest BCUT2D eigenvalue weighted by Crippen LogP contribution is -2.13. The first-order valence-electron chi connectivity index (χ1n) is 5.47. The van der Waals surface area contributed by atoms with Crippen molar-refractivity contribution in [3.05, 3.63) is 46.8 Å². The summed E-state index contributed by atoms with van der Waals surface area (Å²) >= 11 is 0. The third kappa shape index (κ3) is 2.19. The van der Waals surface area contributed by atoms with E-state index < -0.39 is 0 Å². The molecule has 2 rings (SSSR count). The van der Waals surface area contributed by atoms with Crippen molar-refractivity contribution < 1.29 is 8.83 Å². The molecule has 0 aliphatic carbocycles. The fourth-order valence-corrected chi connectivity index (χ4v) is 1.83. The summed E-state index contributed by atoms with van der Waals surface area (Å²) in [6.45, 7) is 7.66. The molecule has 0 saturated heterocycles. The van der Waals surface area contributed by atoms with E-state index in [4.69, 9.17) is 8.83 Å². The molecule has 0 bridgehead atoms. The predicted molar refractivity (Wildman–Crippen MR) is 62.2 cm³/mol. The molecular formula is C13H17NO2. The minimum atomic E-state index is 0.746. The van der Waals surface area contributed by atoms with E-state index in [1.54, 1.807) is 6.26 Å². The molecule has 0 fully saturated rings. The van der Waals surface area contributed by atoms with Crippen LogP contribution >= 0.6 is 0 Å². The molecule has 3 heteroatoms. The quantitative estimate of drug-likeness (QED) is 0.858. The molecule has 0 saturated carbocycles. The summed E-state index contributed by atoms with van der Waals surface area (Å²) in [5.74, 6) is 2.96. The van der Waals surface area contributed by atoms with Gasteiger partial charge in [-0.2, -0.15) is 0 Å². The summed E-state index contributed by atoms with van der Waals surface area (Å²) in [7, 11) is 0. The van der Waals surface area contributed by atoms with E-state index in [1.165, 1.54) is 11.1 Å². The minimum absolute atomic E-state index is 0.746. The Bertz CT molecular complexity index is 454. The fraction of sp³-hybridized carbons (Fsp3) is 0.385. The molecule has 0 aromatic carbocycles. The van der Waals surface area contributed by atoms with E-state index in [9.17, 15) is 0 Å². The van der Waals surface area contributed by atoms with Crippen molar-refractivity contribution in [3.63, 3.8) is 0 Å². The summed E-state index contributed by atoms with van der Waals surface area (Å²) in [6.07, 6.45) is 1.69. The lowest BCUT2D eigenvalue weighted by Gasteiger charge is -2.02. The van der Waals surface area contributed by atoms with Crippen molar-refractivity contribution in [1.29, 1.82) is 0 Å². The van der Waals surface area contributed by atoms with Crippen LogP contribution in [0.4, 0.5) is 0 Å². The van der Waals surface area contributed by atoms with E-state index >= 15 is 0 Å². The minimum Gasteiger partial charge on any atom is -0.468 e. The standard InChI is InChI=1S/C13H17NO2/c1-9-10(2)16-11(3)13(9)8-14-7-12-5-4-6-15-12/h4-6,14H,7-8H2,1-3H3. The molecular weight excluding hydrogens is 202 g/mol. The molecule has 2 heterocycles. The van der Waals surface area contributed by atoms with Crippen LogP contribution in [-0.4, -0.2) is 0 Å². The van der Waals surface area contributed by atoms with Crippen LogP contribution in [0.5, 0.6) is 0 Å². The van der Waals surface area contributed by atoms with Gasteiger partial charge in [-0.1, -0.05) is 0 Å². The molecule has 3 nitrogen and oxygen atoms in total. The van der Waals surface area contributed by atoms with E-state index in [2.05, 4.69) is 12.2 Å². The van der Waals surface area contributed by atoms with Gasteiger partial charge >= 0.3 is 0 Å². The van der Waals surface area contributed by atoms with E-state index in [1.807, 2.05) is 26.0 Å². The van der Waals surface area contributed by atoms with Gasteiger partial charge in [-0.3, -0.25) is 0 Å². The van der Waals surface area contributed by atoms with E-state index in [0.717, 1.165) is 30.4 Å². The van der Waals surface area contributed by atoms with Crippen molar-refractivity contribution >= 4 is 0 Å². The van der Waals surface area contributed by atoms with Gasteiger partial charge in [0, 0.05) is 12.1 Å². The van der Waals surface area contributed by atoms with Gasteiger partial charge in [-0.05, 0) is 38.5 Å². The maximum Gasteiger partial charge on any atom is 0.117 e. The number of hydrogen-bond donors (Lipinski definition) is 1. The Balaban J connectivity index is 1.95. The first kappa shape index (κ1) is 11.0. The Morgan fingerprint density at radius 3 is 2.50 bits per heavy atom. The van der Waals surface area contributed by atoms with Crippen LogP contribution in [-0.2, 0) is 13.1 Å². The van der Waals surface area contributed by atoms with E-state index in [0.29, 0.717) is 0 Å². The van der Waals surface area contributed by atoms with Gasteiger partial charge in [0.05, 0.1) is 12.8 Å². The molecule has 0 spiro atoms. The summed E-state index contributed by atoms with van der Waals surface area (Å²) in [6, 6.07) is 3.86. The highest BCUT2D eigenvalue weighted by Gasteiger charge is 2.10. The van der Waals surface area contributed by atoms with Crippen LogP contribution in [0.2, 0.25) is 0 Å². The number of nitrogens with one attached hydrogen (secondary N) is 1. The summed E-state index contributed by atoms with van der Waals surface area (Å²) in [4.78, 5) is 0. The molecule has 1 N–H and O–H groups in total. The van der Waals surface area contributed by atoms with Crippen LogP contribution in [0.25, 0.3) is 0 Å². The Morgan fingerprint density at radius 2 is 1.94 bits per heavy atom. The molecule has 0 radical (unpaired) electrons. The van der Waals surface area contributed by atoms with Crippen molar-refractivity contribution in [2.45, 2.75) is 33.9 Å². The smallest absolute Gasteiger partial charge is 0.117 e. The average molecular weight is 219 g/mol. The van der Waals surface area contributed by atoms with E-state index in [-0.39, 0.29) is 0 Å². The van der Waals surface area contributed by atoms with Gasteiger partial charge in [0.25, 0.3) is 0 Å². The molecule has 0 unspecified atom stereocenters. The fourth-order valence-electron chi connectivity index (χ4n) is 1.83. The Hall–Kier alpha value is -1.48. The Kier molecular flexibility index (Phi) is 3.15. The highest BCUT2D eigenvalue weighted by molar-refractivity contribution is 5.31. The third-order valence-electron chi connectivity index (χ3n) is 2.89. The van der Waals surface area contributed by atoms with Gasteiger partial charge in [0.2, 0.25) is 0 Å². The van der Waals surface area contributed by atoms with Gasteiger partial charge in [-0.25, -0.2) is 0 Å². The highest BCUT2D eigenvalue weighted by Crippen LogP contribution is 2.20. The van der Waals surface area contributed by atoms with Crippen LogP contribution in [0.15, 0.2) is 27.2 Å². The molecule has 0 amide bonds. The SMILES string of the molecule is Cc1oc(C)c(CNCc2ccco2)c1C. The second-order valence-corrected chi connectivity index (χ2v) is 4.00. The Morgan fingerprint density at radius 1 is 1.12 bits per heavy atom. The molecule has 2 aromatic heterocycles. The normalized spacial score (nSPS) is 10.9. The maximum atomic E-state index is 5.57. The molecule has 0 aliphatic heterocycles. The number of furan rings is 2. The molecule has 0 atom stereocenters. The molecule has 2 aromatic rings.